The first-order valence-electron chi connectivity index (χ1n) is 5.82. The van der Waals surface area contributed by atoms with Crippen LogP contribution in [0.3, 0.4) is 0 Å². The number of hydrogen-bond acceptors (Lipinski definition) is 5. The number of pyridine rings is 1. The summed E-state index contributed by atoms with van der Waals surface area (Å²) in [4.78, 5) is 29.3. The summed E-state index contributed by atoms with van der Waals surface area (Å²) in [6, 6.07) is 2.03. The molecule has 1 aliphatic rings. The van der Waals surface area contributed by atoms with Gasteiger partial charge in [0.05, 0.1) is 20.3 Å². The first-order chi connectivity index (χ1) is 9.52. The molecule has 1 saturated heterocycles. The Kier molecular flexibility index (Phi) is 4.80. The monoisotopic (exact) mass is 318 g/mol. The van der Waals surface area contributed by atoms with Crippen molar-refractivity contribution >= 4 is 35.1 Å². The van der Waals surface area contributed by atoms with Crippen LogP contribution in [0.25, 0.3) is 0 Å². The summed E-state index contributed by atoms with van der Waals surface area (Å²) < 4.78 is 9.89. The van der Waals surface area contributed by atoms with Gasteiger partial charge >= 0.3 is 5.97 Å². The van der Waals surface area contributed by atoms with Crippen LogP contribution in [0.15, 0.2) is 12.1 Å². The first kappa shape index (κ1) is 15.0. The van der Waals surface area contributed by atoms with E-state index in [0.717, 1.165) is 0 Å². The predicted octanol–water partition coefficient (Wildman–Crippen LogP) is 1.40. The van der Waals surface area contributed by atoms with Gasteiger partial charge in [0.1, 0.15) is 10.3 Å². The molecule has 1 aromatic heterocycles. The Balaban J connectivity index is 2.27. The third-order valence-electron chi connectivity index (χ3n) is 2.87. The van der Waals surface area contributed by atoms with Gasteiger partial charge < -0.3 is 14.4 Å². The van der Waals surface area contributed by atoms with Gasteiger partial charge in [0, 0.05) is 12.1 Å². The lowest BCUT2D eigenvalue weighted by Crippen LogP contribution is -2.53. The predicted molar refractivity (Wildman–Crippen MR) is 71.9 cm³/mol. The lowest BCUT2D eigenvalue weighted by atomic mass is 10.1. The van der Waals surface area contributed by atoms with E-state index in [4.69, 9.17) is 27.9 Å². The number of halogens is 2. The molecular weight excluding hydrogens is 307 g/mol. The quantitative estimate of drug-likeness (QED) is 0.609. The topological polar surface area (TPSA) is 68.7 Å². The largest absolute Gasteiger partial charge is 0.467 e. The molecule has 0 saturated carbocycles. The maximum absolute atomic E-state index is 12.5. The van der Waals surface area contributed by atoms with Crippen LogP contribution in [0.5, 0.6) is 0 Å². The molecule has 1 amide bonds. The fraction of sp³-hybridized carbons (Fsp3) is 0.417. The summed E-state index contributed by atoms with van der Waals surface area (Å²) in [5, 5.41) is 0.229. The third kappa shape index (κ3) is 3.20. The molecule has 1 atom stereocenters. The highest BCUT2D eigenvalue weighted by Crippen LogP contribution is 2.19. The Labute approximate surface area is 125 Å². The minimum absolute atomic E-state index is 0.102. The van der Waals surface area contributed by atoms with E-state index in [0.29, 0.717) is 6.61 Å². The zero-order valence-electron chi connectivity index (χ0n) is 10.6. The molecule has 0 bridgehead atoms. The van der Waals surface area contributed by atoms with Gasteiger partial charge in [-0.1, -0.05) is 23.2 Å². The van der Waals surface area contributed by atoms with Gasteiger partial charge in [-0.2, -0.15) is 0 Å². The normalized spacial score (nSPS) is 18.8. The van der Waals surface area contributed by atoms with E-state index in [-0.39, 0.29) is 34.9 Å². The second kappa shape index (κ2) is 6.39. The number of aromatic nitrogens is 1. The first-order valence-corrected chi connectivity index (χ1v) is 6.58. The van der Waals surface area contributed by atoms with Gasteiger partial charge in [-0.15, -0.1) is 0 Å². The fourth-order valence-corrected chi connectivity index (χ4v) is 2.39. The lowest BCUT2D eigenvalue weighted by molar-refractivity contribution is -0.151. The second-order valence-electron chi connectivity index (χ2n) is 4.11. The molecule has 20 heavy (non-hydrogen) atoms. The molecule has 6 nitrogen and oxygen atoms in total. The molecule has 1 unspecified atom stereocenters. The van der Waals surface area contributed by atoms with Crippen molar-refractivity contribution in [1.29, 1.82) is 0 Å². The van der Waals surface area contributed by atoms with Crippen LogP contribution in [-0.2, 0) is 14.3 Å². The van der Waals surface area contributed by atoms with Crippen molar-refractivity contribution in [2.75, 3.05) is 26.9 Å². The van der Waals surface area contributed by atoms with Crippen molar-refractivity contribution in [3.8, 4) is 0 Å². The number of rotatable bonds is 2. The number of amides is 1. The van der Waals surface area contributed by atoms with Crippen LogP contribution in [0, 0.1) is 0 Å². The van der Waals surface area contributed by atoms with Gasteiger partial charge in [-0.25, -0.2) is 9.78 Å². The van der Waals surface area contributed by atoms with Gasteiger partial charge in [-0.05, 0) is 12.1 Å². The molecule has 1 aliphatic heterocycles. The SMILES string of the molecule is COC(=O)C1COCCN1C(=O)c1cc(Cl)nc(Cl)c1. The van der Waals surface area contributed by atoms with Crippen molar-refractivity contribution < 1.29 is 19.1 Å². The van der Waals surface area contributed by atoms with E-state index in [1.807, 2.05) is 0 Å². The van der Waals surface area contributed by atoms with E-state index in [9.17, 15) is 9.59 Å². The van der Waals surface area contributed by atoms with Crippen molar-refractivity contribution in [2.45, 2.75) is 6.04 Å². The molecule has 1 fully saturated rings. The van der Waals surface area contributed by atoms with Crippen molar-refractivity contribution in [3.63, 3.8) is 0 Å². The van der Waals surface area contributed by atoms with Crippen LogP contribution in [0.1, 0.15) is 10.4 Å². The van der Waals surface area contributed by atoms with E-state index in [1.54, 1.807) is 0 Å². The Bertz CT molecular complexity index is 518. The molecule has 8 heteroatoms. The fourth-order valence-electron chi connectivity index (χ4n) is 1.93. The van der Waals surface area contributed by atoms with Crippen LogP contribution >= 0.6 is 23.2 Å². The summed E-state index contributed by atoms with van der Waals surface area (Å²) in [6.07, 6.45) is 0. The van der Waals surface area contributed by atoms with Crippen LogP contribution < -0.4 is 0 Å². The number of carbonyl (C=O) groups excluding carboxylic acids is 2. The minimum atomic E-state index is -0.771. The van der Waals surface area contributed by atoms with Crippen molar-refractivity contribution in [3.05, 3.63) is 28.0 Å². The second-order valence-corrected chi connectivity index (χ2v) is 4.89. The number of hydrogen-bond donors (Lipinski definition) is 0. The highest BCUT2D eigenvalue weighted by molar-refractivity contribution is 6.33. The van der Waals surface area contributed by atoms with E-state index in [1.165, 1.54) is 24.1 Å². The van der Waals surface area contributed by atoms with Crippen LogP contribution in [-0.4, -0.2) is 54.7 Å². The Morgan fingerprint density at radius 3 is 2.65 bits per heavy atom. The van der Waals surface area contributed by atoms with Gasteiger partial charge in [0.25, 0.3) is 5.91 Å². The number of morpholine rings is 1. The number of carbonyl (C=O) groups is 2. The molecule has 0 radical (unpaired) electrons. The third-order valence-corrected chi connectivity index (χ3v) is 3.26. The zero-order chi connectivity index (χ0) is 14.7. The van der Waals surface area contributed by atoms with E-state index in [2.05, 4.69) is 9.72 Å². The molecule has 108 valence electrons. The number of methoxy groups -OCH3 is 1. The highest BCUT2D eigenvalue weighted by atomic mass is 35.5. The lowest BCUT2D eigenvalue weighted by Gasteiger charge is -2.33. The minimum Gasteiger partial charge on any atom is -0.467 e. The molecule has 2 rings (SSSR count). The van der Waals surface area contributed by atoms with Crippen LogP contribution in [0.4, 0.5) is 0 Å². The van der Waals surface area contributed by atoms with Gasteiger partial charge in [-0.3, -0.25) is 4.79 Å². The van der Waals surface area contributed by atoms with Crippen LogP contribution in [0.2, 0.25) is 10.3 Å². The summed E-state index contributed by atoms with van der Waals surface area (Å²) in [5.41, 5.74) is 0.269. The summed E-state index contributed by atoms with van der Waals surface area (Å²) in [6.45, 7) is 0.743. The van der Waals surface area contributed by atoms with E-state index >= 15 is 0 Å². The van der Waals surface area contributed by atoms with Crippen molar-refractivity contribution in [2.24, 2.45) is 0 Å². The number of ether oxygens (including phenoxy) is 2. The molecule has 0 spiro atoms. The molecule has 1 aromatic rings. The average Bonchev–Trinajstić information content (AvgIpc) is 2.44. The summed E-state index contributed by atoms with van der Waals surface area (Å²) >= 11 is 11.6. The Morgan fingerprint density at radius 1 is 1.40 bits per heavy atom. The highest BCUT2D eigenvalue weighted by Gasteiger charge is 2.34. The van der Waals surface area contributed by atoms with E-state index < -0.39 is 12.0 Å². The van der Waals surface area contributed by atoms with Crippen molar-refractivity contribution in [1.82, 2.24) is 9.88 Å². The summed E-state index contributed by atoms with van der Waals surface area (Å²) in [7, 11) is 1.26. The zero-order valence-corrected chi connectivity index (χ0v) is 12.1. The maximum Gasteiger partial charge on any atom is 0.331 e. The smallest absolute Gasteiger partial charge is 0.331 e. The Morgan fingerprint density at radius 2 is 2.05 bits per heavy atom. The molecule has 0 aliphatic carbocycles. The molecule has 2 heterocycles. The Hall–Kier alpha value is -1.37. The average molecular weight is 319 g/mol. The number of esters is 1. The van der Waals surface area contributed by atoms with Gasteiger partial charge in [0.15, 0.2) is 6.04 Å². The standard InChI is InChI=1S/C12H12Cl2N2O4/c1-19-12(18)8-6-20-3-2-16(8)11(17)7-4-9(13)15-10(14)5-7/h4-5,8H,2-3,6H2,1H3. The maximum atomic E-state index is 12.5. The molecular formula is C12H12Cl2N2O4. The number of nitrogens with zero attached hydrogens (tertiary/aromatic N) is 2. The molecule has 0 aromatic carbocycles. The molecule has 0 N–H and O–H groups in total. The van der Waals surface area contributed by atoms with Gasteiger partial charge in [0.2, 0.25) is 0 Å². The summed E-state index contributed by atoms with van der Waals surface area (Å²) in [5.74, 6) is -0.890.